The maximum atomic E-state index is 14.1. The molecule has 1 atom stereocenters. The summed E-state index contributed by atoms with van der Waals surface area (Å²) in [6, 6.07) is 20.4. The molecule has 0 heterocycles. The van der Waals surface area contributed by atoms with Crippen LogP contribution in [-0.2, 0) is 26.2 Å². The van der Waals surface area contributed by atoms with E-state index in [2.05, 4.69) is 21.2 Å². The van der Waals surface area contributed by atoms with E-state index < -0.39 is 28.5 Å². The third-order valence-corrected chi connectivity index (χ3v) is 8.92. The van der Waals surface area contributed by atoms with Crippen molar-refractivity contribution in [2.45, 2.75) is 64.4 Å². The number of halogens is 1. The number of rotatable bonds is 13. The fourth-order valence-corrected chi connectivity index (χ4v) is 6.22. The molecule has 0 saturated heterocycles. The SMILES string of the molecule is CCCCNC(=O)C(CC)N(Cc1cccc(C)c1)C(=O)CN(c1cccc(Br)c1)S(=O)(=O)c1ccc(C)cc1. The fourth-order valence-electron chi connectivity index (χ4n) is 4.43. The molecule has 0 aromatic heterocycles. The van der Waals surface area contributed by atoms with E-state index in [1.807, 2.05) is 52.0 Å². The van der Waals surface area contributed by atoms with E-state index in [0.717, 1.165) is 33.8 Å². The van der Waals surface area contributed by atoms with Crippen molar-refractivity contribution in [2.24, 2.45) is 0 Å². The van der Waals surface area contributed by atoms with E-state index in [0.29, 0.717) is 23.1 Å². The van der Waals surface area contributed by atoms with Gasteiger partial charge in [-0.05, 0) is 62.6 Å². The lowest BCUT2D eigenvalue weighted by Gasteiger charge is -2.33. The first-order chi connectivity index (χ1) is 19.1. The lowest BCUT2D eigenvalue weighted by Crippen LogP contribution is -2.52. The van der Waals surface area contributed by atoms with Crippen LogP contribution in [0.25, 0.3) is 0 Å². The molecule has 0 bridgehead atoms. The van der Waals surface area contributed by atoms with Crippen LogP contribution in [0.5, 0.6) is 0 Å². The van der Waals surface area contributed by atoms with Gasteiger partial charge in [0.25, 0.3) is 10.0 Å². The third kappa shape index (κ3) is 8.17. The zero-order chi connectivity index (χ0) is 29.3. The minimum atomic E-state index is -4.10. The molecule has 1 N–H and O–H groups in total. The average Bonchev–Trinajstić information content (AvgIpc) is 2.91. The smallest absolute Gasteiger partial charge is 0.264 e. The Bertz CT molecular complexity index is 1410. The molecule has 1 unspecified atom stereocenters. The van der Waals surface area contributed by atoms with Gasteiger partial charge in [0.15, 0.2) is 0 Å². The summed E-state index contributed by atoms with van der Waals surface area (Å²) in [4.78, 5) is 28.9. The Labute approximate surface area is 246 Å². The van der Waals surface area contributed by atoms with Crippen molar-refractivity contribution in [3.8, 4) is 0 Å². The number of carbonyl (C=O) groups excluding carboxylic acids is 2. The fraction of sp³-hybridized carbons (Fsp3) is 0.355. The third-order valence-electron chi connectivity index (χ3n) is 6.63. The summed E-state index contributed by atoms with van der Waals surface area (Å²) in [7, 11) is -4.10. The Hall–Kier alpha value is -3.17. The Kier molecular flexibility index (Phi) is 11.3. The molecule has 3 rings (SSSR count). The topological polar surface area (TPSA) is 86.8 Å². The van der Waals surface area contributed by atoms with Gasteiger partial charge in [0.2, 0.25) is 11.8 Å². The van der Waals surface area contributed by atoms with Crippen molar-refractivity contribution in [2.75, 3.05) is 17.4 Å². The molecule has 40 heavy (non-hydrogen) atoms. The van der Waals surface area contributed by atoms with Crippen molar-refractivity contribution < 1.29 is 18.0 Å². The van der Waals surface area contributed by atoms with Crippen LogP contribution < -0.4 is 9.62 Å². The molecule has 3 aromatic rings. The Morgan fingerprint density at radius 3 is 2.25 bits per heavy atom. The summed E-state index contributed by atoms with van der Waals surface area (Å²) in [5.41, 5.74) is 3.17. The molecular formula is C31H38BrN3O4S. The van der Waals surface area contributed by atoms with Gasteiger partial charge in [0.05, 0.1) is 10.6 Å². The largest absolute Gasteiger partial charge is 0.354 e. The van der Waals surface area contributed by atoms with E-state index in [-0.39, 0.29) is 17.3 Å². The number of anilines is 1. The van der Waals surface area contributed by atoms with Crippen LogP contribution in [0.15, 0.2) is 82.2 Å². The van der Waals surface area contributed by atoms with Gasteiger partial charge in [-0.3, -0.25) is 13.9 Å². The molecule has 7 nitrogen and oxygen atoms in total. The molecule has 0 aliphatic heterocycles. The summed E-state index contributed by atoms with van der Waals surface area (Å²) in [5.74, 6) is -0.706. The first kappa shape index (κ1) is 31.4. The van der Waals surface area contributed by atoms with Gasteiger partial charge >= 0.3 is 0 Å². The summed E-state index contributed by atoms with van der Waals surface area (Å²) in [6.07, 6.45) is 2.15. The van der Waals surface area contributed by atoms with Crippen LogP contribution in [0, 0.1) is 13.8 Å². The van der Waals surface area contributed by atoms with Gasteiger partial charge in [-0.1, -0.05) is 89.8 Å². The predicted octanol–water partition coefficient (Wildman–Crippen LogP) is 5.98. The highest BCUT2D eigenvalue weighted by Gasteiger charge is 2.33. The molecule has 9 heteroatoms. The average molecular weight is 629 g/mol. The van der Waals surface area contributed by atoms with Crippen molar-refractivity contribution in [3.63, 3.8) is 0 Å². The van der Waals surface area contributed by atoms with E-state index in [9.17, 15) is 18.0 Å². The summed E-state index contributed by atoms with van der Waals surface area (Å²) >= 11 is 3.42. The van der Waals surface area contributed by atoms with E-state index >= 15 is 0 Å². The highest BCUT2D eigenvalue weighted by molar-refractivity contribution is 9.10. The Morgan fingerprint density at radius 2 is 1.62 bits per heavy atom. The van der Waals surface area contributed by atoms with Gasteiger partial charge in [0, 0.05) is 17.6 Å². The molecule has 2 amide bonds. The predicted molar refractivity (Wildman–Crippen MR) is 164 cm³/mol. The minimum Gasteiger partial charge on any atom is -0.354 e. The molecule has 0 saturated carbocycles. The number of unbranched alkanes of at least 4 members (excludes halogenated alkanes) is 1. The summed E-state index contributed by atoms with van der Waals surface area (Å²) < 4.78 is 29.7. The summed E-state index contributed by atoms with van der Waals surface area (Å²) in [6.45, 7) is 7.98. The number of nitrogens with one attached hydrogen (secondary N) is 1. The minimum absolute atomic E-state index is 0.0838. The number of amides is 2. The van der Waals surface area contributed by atoms with Crippen molar-refractivity contribution in [1.82, 2.24) is 10.2 Å². The molecule has 214 valence electrons. The second-order valence-electron chi connectivity index (χ2n) is 9.88. The van der Waals surface area contributed by atoms with Crippen LogP contribution in [0.4, 0.5) is 5.69 Å². The number of hydrogen-bond acceptors (Lipinski definition) is 4. The quantitative estimate of drug-likeness (QED) is 0.236. The highest BCUT2D eigenvalue weighted by Crippen LogP contribution is 2.27. The van der Waals surface area contributed by atoms with Crippen molar-refractivity contribution in [1.29, 1.82) is 0 Å². The molecule has 0 aliphatic rings. The lowest BCUT2D eigenvalue weighted by molar-refractivity contribution is -0.140. The number of benzene rings is 3. The lowest BCUT2D eigenvalue weighted by atomic mass is 10.1. The zero-order valence-electron chi connectivity index (χ0n) is 23.6. The Morgan fingerprint density at radius 1 is 0.925 bits per heavy atom. The van der Waals surface area contributed by atoms with E-state index in [1.165, 1.54) is 4.90 Å². The molecule has 0 spiro atoms. The van der Waals surface area contributed by atoms with Crippen LogP contribution >= 0.6 is 15.9 Å². The number of nitrogens with zero attached hydrogens (tertiary/aromatic N) is 2. The number of aryl methyl sites for hydroxylation is 2. The first-order valence-corrected chi connectivity index (χ1v) is 15.8. The van der Waals surface area contributed by atoms with Crippen LogP contribution in [0.3, 0.4) is 0 Å². The van der Waals surface area contributed by atoms with Crippen LogP contribution in [0.2, 0.25) is 0 Å². The van der Waals surface area contributed by atoms with Gasteiger partial charge in [-0.25, -0.2) is 8.42 Å². The van der Waals surface area contributed by atoms with Crippen LogP contribution in [-0.4, -0.2) is 44.3 Å². The normalized spacial score (nSPS) is 12.0. The summed E-state index contributed by atoms with van der Waals surface area (Å²) in [5, 5.41) is 2.95. The molecular weight excluding hydrogens is 590 g/mol. The standard InChI is InChI=1S/C31H38BrN3O4S/c1-5-7-18-33-31(37)29(6-2)34(21-25-11-8-10-24(4)19-25)30(36)22-35(27-13-9-12-26(32)20-27)40(38,39)28-16-14-23(3)15-17-28/h8-17,19-20,29H,5-7,18,21-22H2,1-4H3,(H,33,37). The molecule has 0 fully saturated rings. The van der Waals surface area contributed by atoms with E-state index in [1.54, 1.807) is 48.5 Å². The number of sulfonamides is 1. The zero-order valence-corrected chi connectivity index (χ0v) is 26.0. The van der Waals surface area contributed by atoms with E-state index in [4.69, 9.17) is 0 Å². The Balaban J connectivity index is 2.04. The number of hydrogen-bond donors (Lipinski definition) is 1. The molecule has 3 aromatic carbocycles. The van der Waals surface area contributed by atoms with Crippen molar-refractivity contribution in [3.05, 3.63) is 94.0 Å². The van der Waals surface area contributed by atoms with Gasteiger partial charge in [-0.2, -0.15) is 0 Å². The monoisotopic (exact) mass is 627 g/mol. The van der Waals surface area contributed by atoms with Gasteiger partial charge in [0.1, 0.15) is 12.6 Å². The highest BCUT2D eigenvalue weighted by atomic mass is 79.9. The second kappa shape index (κ2) is 14.5. The maximum absolute atomic E-state index is 14.1. The van der Waals surface area contributed by atoms with Gasteiger partial charge < -0.3 is 10.2 Å². The molecule has 0 aliphatic carbocycles. The molecule has 0 radical (unpaired) electrons. The van der Waals surface area contributed by atoms with Crippen LogP contribution in [0.1, 0.15) is 49.8 Å². The first-order valence-electron chi connectivity index (χ1n) is 13.5. The maximum Gasteiger partial charge on any atom is 0.264 e. The number of carbonyl (C=O) groups is 2. The van der Waals surface area contributed by atoms with Gasteiger partial charge in [-0.15, -0.1) is 0 Å². The van der Waals surface area contributed by atoms with Crippen molar-refractivity contribution >= 4 is 43.5 Å². The second-order valence-corrected chi connectivity index (χ2v) is 12.7.